The zero-order chi connectivity index (χ0) is 10.1. The minimum Gasteiger partial charge on any atom is -0.386 e. The Morgan fingerprint density at radius 1 is 1.50 bits per heavy atom. The Labute approximate surface area is 84.7 Å². The highest BCUT2D eigenvalue weighted by Crippen LogP contribution is 2.35. The summed E-state index contributed by atoms with van der Waals surface area (Å²) < 4.78 is 1.83. The van der Waals surface area contributed by atoms with Crippen molar-refractivity contribution >= 4 is 0 Å². The fraction of sp³-hybridized carbons (Fsp3) is 0.727. The molecular weight excluding hydrogens is 176 g/mol. The zero-order valence-corrected chi connectivity index (χ0v) is 8.90. The van der Waals surface area contributed by atoms with Crippen LogP contribution in [0.4, 0.5) is 0 Å². The molecule has 1 heterocycles. The van der Waals surface area contributed by atoms with Gasteiger partial charge in [0.05, 0.1) is 5.69 Å². The molecular formula is C11H18N2O. The number of nitrogens with zero attached hydrogens (tertiary/aromatic N) is 2. The molecule has 1 N–H and O–H groups in total. The van der Waals surface area contributed by atoms with Crippen LogP contribution in [0.5, 0.6) is 0 Å². The van der Waals surface area contributed by atoms with Crippen LogP contribution in [-0.2, 0) is 7.05 Å². The van der Waals surface area contributed by atoms with E-state index >= 15 is 0 Å². The summed E-state index contributed by atoms with van der Waals surface area (Å²) in [6, 6.07) is 1.99. The van der Waals surface area contributed by atoms with Crippen molar-refractivity contribution in [1.82, 2.24) is 9.78 Å². The van der Waals surface area contributed by atoms with E-state index in [0.29, 0.717) is 5.92 Å². The summed E-state index contributed by atoms with van der Waals surface area (Å²) in [5, 5.41) is 14.4. The highest BCUT2D eigenvalue weighted by Gasteiger charge is 2.26. The molecule has 1 aliphatic rings. The van der Waals surface area contributed by atoms with Crippen molar-refractivity contribution < 1.29 is 5.11 Å². The second-order valence-corrected chi connectivity index (χ2v) is 4.32. The maximum absolute atomic E-state index is 10.1. The lowest BCUT2D eigenvalue weighted by Crippen LogP contribution is -2.09. The van der Waals surface area contributed by atoms with Gasteiger partial charge in [0.25, 0.3) is 0 Å². The molecule has 0 aromatic carbocycles. The van der Waals surface area contributed by atoms with Gasteiger partial charge in [-0.25, -0.2) is 0 Å². The fourth-order valence-corrected chi connectivity index (χ4v) is 2.25. The lowest BCUT2D eigenvalue weighted by Gasteiger charge is -2.14. The molecule has 0 amide bonds. The van der Waals surface area contributed by atoms with Gasteiger partial charge in [-0.3, -0.25) is 4.68 Å². The molecule has 1 saturated carbocycles. The summed E-state index contributed by atoms with van der Waals surface area (Å²) in [6.07, 6.45) is 4.46. The first kappa shape index (κ1) is 9.71. The van der Waals surface area contributed by atoms with E-state index in [0.717, 1.165) is 24.2 Å². The van der Waals surface area contributed by atoms with E-state index in [4.69, 9.17) is 0 Å². The average Bonchev–Trinajstić information content (AvgIpc) is 2.76. The third kappa shape index (κ3) is 1.69. The van der Waals surface area contributed by atoms with Crippen molar-refractivity contribution in [2.24, 2.45) is 13.0 Å². The van der Waals surface area contributed by atoms with Crippen LogP contribution in [0.15, 0.2) is 6.07 Å². The fourth-order valence-electron chi connectivity index (χ4n) is 2.25. The van der Waals surface area contributed by atoms with E-state index in [2.05, 4.69) is 5.10 Å². The Morgan fingerprint density at radius 2 is 2.14 bits per heavy atom. The molecule has 0 bridgehead atoms. The summed E-state index contributed by atoms with van der Waals surface area (Å²) in [7, 11) is 1.92. The Balaban J connectivity index is 2.13. The number of aliphatic hydroxyl groups is 1. The van der Waals surface area contributed by atoms with E-state index in [1.54, 1.807) is 0 Å². The van der Waals surface area contributed by atoms with Crippen LogP contribution in [0.1, 0.15) is 43.2 Å². The van der Waals surface area contributed by atoms with Crippen LogP contribution in [-0.4, -0.2) is 14.9 Å². The molecule has 14 heavy (non-hydrogen) atoms. The first-order valence-electron chi connectivity index (χ1n) is 5.37. The quantitative estimate of drug-likeness (QED) is 0.781. The monoisotopic (exact) mass is 194 g/mol. The average molecular weight is 194 g/mol. The first-order valence-corrected chi connectivity index (χ1v) is 5.37. The topological polar surface area (TPSA) is 38.1 Å². The van der Waals surface area contributed by atoms with Gasteiger partial charge in [0.1, 0.15) is 6.10 Å². The molecule has 1 aromatic heterocycles. The number of aromatic nitrogens is 2. The summed E-state index contributed by atoms with van der Waals surface area (Å²) in [5.41, 5.74) is 1.95. The van der Waals surface area contributed by atoms with Crippen molar-refractivity contribution in [2.45, 2.75) is 38.7 Å². The molecule has 0 unspecified atom stereocenters. The predicted octanol–water partition coefficient (Wildman–Crippen LogP) is 1.95. The van der Waals surface area contributed by atoms with Crippen molar-refractivity contribution in [3.63, 3.8) is 0 Å². The number of aryl methyl sites for hydroxylation is 2. The van der Waals surface area contributed by atoms with Crippen molar-refractivity contribution in [2.75, 3.05) is 0 Å². The van der Waals surface area contributed by atoms with E-state index < -0.39 is 0 Å². The summed E-state index contributed by atoms with van der Waals surface area (Å²) in [5.74, 6) is 0.435. The minimum atomic E-state index is -0.350. The largest absolute Gasteiger partial charge is 0.386 e. The molecule has 1 fully saturated rings. The van der Waals surface area contributed by atoms with Crippen molar-refractivity contribution in [3.8, 4) is 0 Å². The van der Waals surface area contributed by atoms with Crippen LogP contribution in [0.3, 0.4) is 0 Å². The summed E-state index contributed by atoms with van der Waals surface area (Å²) in [6.45, 7) is 2.01. The first-order chi connectivity index (χ1) is 6.68. The van der Waals surface area contributed by atoms with Crippen LogP contribution < -0.4 is 0 Å². The Kier molecular flexibility index (Phi) is 2.59. The zero-order valence-electron chi connectivity index (χ0n) is 8.90. The SMILES string of the molecule is Cc1cc([C@H](O)C2CCCC2)nn1C. The van der Waals surface area contributed by atoms with Crippen molar-refractivity contribution in [1.29, 1.82) is 0 Å². The van der Waals surface area contributed by atoms with Gasteiger partial charge in [-0.1, -0.05) is 12.8 Å². The second kappa shape index (κ2) is 3.73. The van der Waals surface area contributed by atoms with Crippen LogP contribution in [0, 0.1) is 12.8 Å². The normalized spacial score (nSPS) is 20.2. The molecule has 1 aliphatic carbocycles. The highest BCUT2D eigenvalue weighted by atomic mass is 16.3. The van der Waals surface area contributed by atoms with Gasteiger partial charge in [-0.05, 0) is 31.7 Å². The molecule has 0 saturated heterocycles. The summed E-state index contributed by atoms with van der Waals surface area (Å²) in [4.78, 5) is 0. The second-order valence-electron chi connectivity index (χ2n) is 4.32. The van der Waals surface area contributed by atoms with Gasteiger partial charge >= 0.3 is 0 Å². The molecule has 3 heteroatoms. The molecule has 1 atom stereocenters. The highest BCUT2D eigenvalue weighted by molar-refractivity contribution is 5.12. The Morgan fingerprint density at radius 3 is 2.64 bits per heavy atom. The standard InChI is InChI=1S/C11H18N2O/c1-8-7-10(12-13(8)2)11(14)9-5-3-4-6-9/h7,9,11,14H,3-6H2,1-2H3/t11-/m1/s1. The van der Waals surface area contributed by atoms with Gasteiger partial charge in [0.15, 0.2) is 0 Å². The third-order valence-corrected chi connectivity index (χ3v) is 3.28. The molecule has 0 radical (unpaired) electrons. The number of hydrogen-bond acceptors (Lipinski definition) is 2. The van der Waals surface area contributed by atoms with Gasteiger partial charge in [-0.15, -0.1) is 0 Å². The van der Waals surface area contributed by atoms with E-state index in [1.807, 2.05) is 24.7 Å². The lowest BCUT2D eigenvalue weighted by atomic mass is 9.98. The van der Waals surface area contributed by atoms with Crippen LogP contribution in [0.25, 0.3) is 0 Å². The van der Waals surface area contributed by atoms with Gasteiger partial charge in [0, 0.05) is 12.7 Å². The van der Waals surface area contributed by atoms with E-state index in [9.17, 15) is 5.11 Å². The minimum absolute atomic E-state index is 0.350. The number of aliphatic hydroxyl groups excluding tert-OH is 1. The van der Waals surface area contributed by atoms with E-state index in [1.165, 1.54) is 12.8 Å². The lowest BCUT2D eigenvalue weighted by molar-refractivity contribution is 0.107. The maximum atomic E-state index is 10.1. The Bertz CT molecular complexity index is 294. The predicted molar refractivity (Wildman–Crippen MR) is 54.9 cm³/mol. The molecule has 78 valence electrons. The molecule has 3 nitrogen and oxygen atoms in total. The van der Waals surface area contributed by atoms with Gasteiger partial charge in [0.2, 0.25) is 0 Å². The third-order valence-electron chi connectivity index (χ3n) is 3.28. The van der Waals surface area contributed by atoms with Gasteiger partial charge in [-0.2, -0.15) is 5.10 Å². The molecule has 0 aliphatic heterocycles. The van der Waals surface area contributed by atoms with E-state index in [-0.39, 0.29) is 6.10 Å². The number of hydrogen-bond donors (Lipinski definition) is 1. The number of rotatable bonds is 2. The molecule has 0 spiro atoms. The molecule has 1 aromatic rings. The Hall–Kier alpha value is -0.830. The van der Waals surface area contributed by atoms with Gasteiger partial charge < -0.3 is 5.11 Å². The van der Waals surface area contributed by atoms with Crippen LogP contribution in [0.2, 0.25) is 0 Å². The maximum Gasteiger partial charge on any atom is 0.101 e. The van der Waals surface area contributed by atoms with Crippen molar-refractivity contribution in [3.05, 3.63) is 17.5 Å². The smallest absolute Gasteiger partial charge is 0.101 e. The summed E-state index contributed by atoms with van der Waals surface area (Å²) >= 11 is 0. The molecule has 2 rings (SSSR count). The van der Waals surface area contributed by atoms with Crippen LogP contribution >= 0.6 is 0 Å².